The minimum absolute atomic E-state index is 0.220. The van der Waals surface area contributed by atoms with Gasteiger partial charge in [-0.3, -0.25) is 9.59 Å². The second kappa shape index (κ2) is 8.91. The Morgan fingerprint density at radius 2 is 1.70 bits per heavy atom. The van der Waals surface area contributed by atoms with E-state index < -0.39 is 0 Å². The van der Waals surface area contributed by atoms with Crippen molar-refractivity contribution in [2.24, 2.45) is 0 Å². The van der Waals surface area contributed by atoms with E-state index in [4.69, 9.17) is 20.8 Å². The highest BCUT2D eigenvalue weighted by Crippen LogP contribution is 2.15. The van der Waals surface area contributed by atoms with Crippen molar-refractivity contribution >= 4 is 29.1 Å². The van der Waals surface area contributed by atoms with E-state index in [0.717, 1.165) is 0 Å². The van der Waals surface area contributed by atoms with E-state index in [1.165, 1.54) is 6.26 Å². The van der Waals surface area contributed by atoms with Crippen molar-refractivity contribution in [3.05, 3.63) is 83.3 Å². The smallest absolute Gasteiger partial charge is 0.291 e. The van der Waals surface area contributed by atoms with Crippen LogP contribution in [0.5, 0.6) is 5.75 Å². The fraction of sp³-hybridized carbons (Fsp3) is 0.100. The van der Waals surface area contributed by atoms with E-state index in [0.29, 0.717) is 35.2 Å². The minimum Gasteiger partial charge on any atom is -0.492 e. The maximum atomic E-state index is 12.1. The van der Waals surface area contributed by atoms with Gasteiger partial charge in [-0.2, -0.15) is 0 Å². The van der Waals surface area contributed by atoms with Gasteiger partial charge >= 0.3 is 0 Å². The quantitative estimate of drug-likeness (QED) is 0.603. The van der Waals surface area contributed by atoms with Crippen LogP contribution in [0.3, 0.4) is 0 Å². The van der Waals surface area contributed by atoms with E-state index in [9.17, 15) is 9.59 Å². The molecule has 2 N–H and O–H groups in total. The molecule has 0 aliphatic rings. The maximum absolute atomic E-state index is 12.1. The van der Waals surface area contributed by atoms with Crippen molar-refractivity contribution < 1.29 is 18.7 Å². The van der Waals surface area contributed by atoms with Gasteiger partial charge in [-0.25, -0.2) is 0 Å². The minimum atomic E-state index is -0.350. The van der Waals surface area contributed by atoms with Gasteiger partial charge in [-0.15, -0.1) is 0 Å². The molecule has 27 heavy (non-hydrogen) atoms. The predicted molar refractivity (Wildman–Crippen MR) is 102 cm³/mol. The number of amides is 2. The molecule has 0 aliphatic carbocycles. The Labute approximate surface area is 161 Å². The summed E-state index contributed by atoms with van der Waals surface area (Å²) in [7, 11) is 0. The molecule has 3 aromatic rings. The summed E-state index contributed by atoms with van der Waals surface area (Å²) in [6, 6.07) is 16.8. The number of nitrogens with one attached hydrogen (secondary N) is 2. The van der Waals surface area contributed by atoms with Crippen LogP contribution in [0.25, 0.3) is 0 Å². The van der Waals surface area contributed by atoms with Crippen molar-refractivity contribution in [1.82, 2.24) is 5.32 Å². The Hall–Kier alpha value is -3.25. The summed E-state index contributed by atoms with van der Waals surface area (Å²) >= 11 is 5.81. The zero-order valence-electron chi connectivity index (χ0n) is 14.3. The standard InChI is InChI=1S/C20H17ClN2O4/c21-15-5-9-17(10-6-15)26-13-11-22-19(24)14-3-7-16(8-4-14)23-20(25)18-2-1-12-27-18/h1-10,12H,11,13H2,(H,22,24)(H,23,25). The molecule has 0 atom stereocenters. The normalized spacial score (nSPS) is 10.3. The fourth-order valence-corrected chi connectivity index (χ4v) is 2.40. The third-order valence-corrected chi connectivity index (χ3v) is 3.87. The van der Waals surface area contributed by atoms with Gasteiger partial charge in [-0.05, 0) is 60.7 Å². The SMILES string of the molecule is O=C(NCCOc1ccc(Cl)cc1)c1ccc(NC(=O)c2ccco2)cc1. The molecule has 0 aliphatic heterocycles. The number of ether oxygens (including phenoxy) is 1. The number of hydrogen-bond donors (Lipinski definition) is 2. The topological polar surface area (TPSA) is 80.6 Å². The van der Waals surface area contributed by atoms with Crippen LogP contribution in [0.1, 0.15) is 20.9 Å². The summed E-state index contributed by atoms with van der Waals surface area (Å²) < 4.78 is 10.5. The second-order valence-corrected chi connectivity index (χ2v) is 6.00. The summed E-state index contributed by atoms with van der Waals surface area (Å²) in [6.45, 7) is 0.698. The molecule has 138 valence electrons. The molecule has 2 aromatic carbocycles. The van der Waals surface area contributed by atoms with Crippen LogP contribution in [0.2, 0.25) is 5.02 Å². The highest BCUT2D eigenvalue weighted by Gasteiger charge is 2.10. The molecule has 7 heteroatoms. The molecule has 3 rings (SSSR count). The first-order chi connectivity index (χ1) is 13.1. The Morgan fingerprint density at radius 1 is 0.963 bits per heavy atom. The second-order valence-electron chi connectivity index (χ2n) is 5.57. The Balaban J connectivity index is 1.44. The molecule has 1 aromatic heterocycles. The van der Waals surface area contributed by atoms with E-state index >= 15 is 0 Å². The monoisotopic (exact) mass is 384 g/mol. The van der Waals surface area contributed by atoms with Crippen LogP contribution < -0.4 is 15.4 Å². The lowest BCUT2D eigenvalue weighted by Crippen LogP contribution is -2.28. The predicted octanol–water partition coefficient (Wildman–Crippen LogP) is 3.99. The lowest BCUT2D eigenvalue weighted by atomic mass is 10.2. The number of rotatable bonds is 7. The number of carbonyl (C=O) groups is 2. The Bertz CT molecular complexity index is 891. The lowest BCUT2D eigenvalue weighted by molar-refractivity contribution is 0.0946. The molecule has 0 spiro atoms. The summed E-state index contributed by atoms with van der Waals surface area (Å²) in [5, 5.41) is 6.10. The molecule has 0 unspecified atom stereocenters. The van der Waals surface area contributed by atoms with Gasteiger partial charge in [0.05, 0.1) is 12.8 Å². The van der Waals surface area contributed by atoms with Crippen molar-refractivity contribution in [3.63, 3.8) is 0 Å². The first kappa shape index (κ1) is 18.5. The van der Waals surface area contributed by atoms with Crippen molar-refractivity contribution in [3.8, 4) is 5.75 Å². The van der Waals surface area contributed by atoms with Gasteiger partial charge in [0.25, 0.3) is 11.8 Å². The Kier molecular flexibility index (Phi) is 6.12. The third-order valence-electron chi connectivity index (χ3n) is 3.62. The molecule has 0 saturated heterocycles. The van der Waals surface area contributed by atoms with Gasteiger partial charge < -0.3 is 19.8 Å². The third kappa shape index (κ3) is 5.36. The van der Waals surface area contributed by atoms with Gasteiger partial charge in [0.1, 0.15) is 12.4 Å². The maximum Gasteiger partial charge on any atom is 0.291 e. The van der Waals surface area contributed by atoms with E-state index in [2.05, 4.69) is 10.6 Å². The molecular weight excluding hydrogens is 368 g/mol. The molecule has 0 saturated carbocycles. The van der Waals surface area contributed by atoms with Crippen LogP contribution in [0.15, 0.2) is 71.3 Å². The van der Waals surface area contributed by atoms with Crippen LogP contribution in [-0.4, -0.2) is 25.0 Å². The van der Waals surface area contributed by atoms with Crippen molar-refractivity contribution in [2.45, 2.75) is 0 Å². The van der Waals surface area contributed by atoms with E-state index in [-0.39, 0.29) is 17.6 Å². The van der Waals surface area contributed by atoms with Gasteiger partial charge in [0.2, 0.25) is 0 Å². The first-order valence-corrected chi connectivity index (χ1v) is 8.61. The van der Waals surface area contributed by atoms with Gasteiger partial charge in [-0.1, -0.05) is 11.6 Å². The highest BCUT2D eigenvalue weighted by atomic mass is 35.5. The zero-order chi connectivity index (χ0) is 19.1. The average molecular weight is 385 g/mol. The van der Waals surface area contributed by atoms with Crippen LogP contribution in [0.4, 0.5) is 5.69 Å². The van der Waals surface area contributed by atoms with Crippen LogP contribution in [-0.2, 0) is 0 Å². The summed E-state index contributed by atoms with van der Waals surface area (Å²) in [6.07, 6.45) is 1.43. The van der Waals surface area contributed by atoms with Crippen molar-refractivity contribution in [1.29, 1.82) is 0 Å². The number of anilines is 1. The van der Waals surface area contributed by atoms with E-state index in [1.807, 2.05) is 0 Å². The first-order valence-electron chi connectivity index (χ1n) is 8.23. The number of benzene rings is 2. The fourth-order valence-electron chi connectivity index (χ4n) is 2.27. The molecule has 2 amide bonds. The average Bonchev–Trinajstić information content (AvgIpc) is 3.22. The number of furan rings is 1. The summed E-state index contributed by atoms with van der Waals surface area (Å²) in [4.78, 5) is 24.0. The Morgan fingerprint density at radius 3 is 2.37 bits per heavy atom. The molecule has 0 fully saturated rings. The largest absolute Gasteiger partial charge is 0.492 e. The van der Waals surface area contributed by atoms with Gasteiger partial charge in [0, 0.05) is 16.3 Å². The summed E-state index contributed by atoms with van der Waals surface area (Å²) in [5.41, 5.74) is 1.05. The van der Waals surface area contributed by atoms with Crippen LogP contribution in [0, 0.1) is 0 Å². The van der Waals surface area contributed by atoms with Crippen LogP contribution >= 0.6 is 11.6 Å². The molecule has 1 heterocycles. The summed E-state index contributed by atoms with van der Waals surface area (Å²) in [5.74, 6) is 0.331. The lowest BCUT2D eigenvalue weighted by Gasteiger charge is -2.08. The molecule has 0 radical (unpaired) electrons. The number of carbonyl (C=O) groups excluding carboxylic acids is 2. The molecular formula is C20H17ClN2O4. The molecule has 0 bridgehead atoms. The zero-order valence-corrected chi connectivity index (χ0v) is 15.0. The highest BCUT2D eigenvalue weighted by molar-refractivity contribution is 6.30. The number of halogens is 1. The number of hydrogen-bond acceptors (Lipinski definition) is 4. The van der Waals surface area contributed by atoms with Crippen molar-refractivity contribution in [2.75, 3.05) is 18.5 Å². The van der Waals surface area contributed by atoms with Gasteiger partial charge in [0.15, 0.2) is 5.76 Å². The van der Waals surface area contributed by atoms with E-state index in [1.54, 1.807) is 60.7 Å². The molecule has 6 nitrogen and oxygen atoms in total.